The molecule has 0 radical (unpaired) electrons. The van der Waals surface area contributed by atoms with Crippen molar-refractivity contribution in [3.63, 3.8) is 0 Å². The summed E-state index contributed by atoms with van der Waals surface area (Å²) >= 11 is 2.20. The Morgan fingerprint density at radius 2 is 1.54 bits per heavy atom. The standard InChI is InChI=1S/C22H17IN2O/c23-20-11-4-5-12-21(20)25-22(26)16-24-19-10-6-9-18(15-19)14-13-17-7-2-1-3-8-17/h1-12,15,24H,16H2,(H,25,26). The molecule has 4 heteroatoms. The topological polar surface area (TPSA) is 41.1 Å². The lowest BCUT2D eigenvalue weighted by Crippen LogP contribution is -2.22. The van der Waals surface area contributed by atoms with Gasteiger partial charge in [0.1, 0.15) is 0 Å². The van der Waals surface area contributed by atoms with Gasteiger partial charge in [0.05, 0.1) is 12.2 Å². The van der Waals surface area contributed by atoms with Crippen LogP contribution in [0.3, 0.4) is 0 Å². The van der Waals surface area contributed by atoms with Crippen LogP contribution in [0.2, 0.25) is 0 Å². The van der Waals surface area contributed by atoms with Crippen LogP contribution >= 0.6 is 22.6 Å². The molecule has 0 aliphatic carbocycles. The third kappa shape index (κ3) is 5.36. The van der Waals surface area contributed by atoms with Crippen LogP contribution in [-0.4, -0.2) is 12.5 Å². The second-order valence-corrected chi connectivity index (χ2v) is 6.74. The Morgan fingerprint density at radius 1 is 0.846 bits per heavy atom. The van der Waals surface area contributed by atoms with Crippen molar-refractivity contribution in [2.45, 2.75) is 0 Å². The first-order valence-electron chi connectivity index (χ1n) is 8.16. The minimum absolute atomic E-state index is 0.0881. The van der Waals surface area contributed by atoms with E-state index in [9.17, 15) is 4.79 Å². The summed E-state index contributed by atoms with van der Waals surface area (Å²) in [5, 5.41) is 6.05. The molecule has 128 valence electrons. The largest absolute Gasteiger partial charge is 0.376 e. The second kappa shape index (κ2) is 9.07. The van der Waals surface area contributed by atoms with E-state index in [-0.39, 0.29) is 12.5 Å². The fourth-order valence-electron chi connectivity index (χ4n) is 2.31. The van der Waals surface area contributed by atoms with E-state index >= 15 is 0 Å². The molecule has 3 nitrogen and oxygen atoms in total. The van der Waals surface area contributed by atoms with Gasteiger partial charge in [0.2, 0.25) is 5.91 Å². The Balaban J connectivity index is 1.60. The molecule has 0 bridgehead atoms. The lowest BCUT2D eigenvalue weighted by Gasteiger charge is -2.09. The van der Waals surface area contributed by atoms with E-state index in [1.165, 1.54) is 0 Å². The van der Waals surface area contributed by atoms with Gasteiger partial charge < -0.3 is 10.6 Å². The molecule has 0 saturated heterocycles. The number of anilines is 2. The molecule has 0 fully saturated rings. The number of nitrogens with one attached hydrogen (secondary N) is 2. The number of hydrogen-bond donors (Lipinski definition) is 2. The molecule has 0 saturated carbocycles. The van der Waals surface area contributed by atoms with Gasteiger partial charge in [-0.15, -0.1) is 0 Å². The number of hydrogen-bond acceptors (Lipinski definition) is 2. The molecule has 0 spiro atoms. The third-order valence-electron chi connectivity index (χ3n) is 3.59. The number of para-hydroxylation sites is 1. The van der Waals surface area contributed by atoms with Crippen molar-refractivity contribution in [2.75, 3.05) is 17.2 Å². The van der Waals surface area contributed by atoms with E-state index in [0.29, 0.717) is 0 Å². The molecular weight excluding hydrogens is 435 g/mol. The van der Waals surface area contributed by atoms with Crippen molar-refractivity contribution in [2.24, 2.45) is 0 Å². The summed E-state index contributed by atoms with van der Waals surface area (Å²) in [5.41, 5.74) is 3.56. The Kier molecular flexibility index (Phi) is 6.29. The highest BCUT2D eigenvalue weighted by atomic mass is 127. The summed E-state index contributed by atoms with van der Waals surface area (Å²) in [6.07, 6.45) is 0. The SMILES string of the molecule is O=C(CNc1cccc(C#Cc2ccccc2)c1)Nc1ccccc1I. The molecule has 0 heterocycles. The predicted octanol–water partition coefficient (Wildman–Crippen LogP) is 4.74. The van der Waals surface area contributed by atoms with Gasteiger partial charge in [-0.05, 0) is 65.1 Å². The van der Waals surface area contributed by atoms with Crippen molar-refractivity contribution >= 4 is 39.9 Å². The average Bonchev–Trinajstić information content (AvgIpc) is 2.68. The van der Waals surface area contributed by atoms with Crippen molar-refractivity contribution in [1.29, 1.82) is 0 Å². The van der Waals surface area contributed by atoms with Gasteiger partial charge in [-0.1, -0.05) is 48.2 Å². The molecule has 0 aromatic heterocycles. The van der Waals surface area contributed by atoms with E-state index in [4.69, 9.17) is 0 Å². The molecule has 0 unspecified atom stereocenters. The summed E-state index contributed by atoms with van der Waals surface area (Å²) in [6, 6.07) is 25.3. The van der Waals surface area contributed by atoms with Gasteiger partial charge in [-0.2, -0.15) is 0 Å². The molecule has 3 aromatic carbocycles. The van der Waals surface area contributed by atoms with Gasteiger partial charge in [0, 0.05) is 20.4 Å². The van der Waals surface area contributed by atoms with Crippen LogP contribution in [0.5, 0.6) is 0 Å². The maximum atomic E-state index is 12.1. The highest BCUT2D eigenvalue weighted by molar-refractivity contribution is 14.1. The highest BCUT2D eigenvalue weighted by Crippen LogP contribution is 2.17. The minimum Gasteiger partial charge on any atom is -0.376 e. The van der Waals surface area contributed by atoms with Crippen LogP contribution in [-0.2, 0) is 4.79 Å². The molecular formula is C22H17IN2O. The number of carbonyl (C=O) groups is 1. The first kappa shape index (κ1) is 18.0. The number of rotatable bonds is 4. The molecule has 0 atom stereocenters. The summed E-state index contributed by atoms with van der Waals surface area (Å²) in [7, 11) is 0. The second-order valence-electron chi connectivity index (χ2n) is 5.58. The molecule has 1 amide bonds. The van der Waals surface area contributed by atoms with Crippen LogP contribution in [0.4, 0.5) is 11.4 Å². The van der Waals surface area contributed by atoms with E-state index in [2.05, 4.69) is 45.1 Å². The summed E-state index contributed by atoms with van der Waals surface area (Å²) in [4.78, 5) is 12.1. The normalized spacial score (nSPS) is 9.73. The van der Waals surface area contributed by atoms with Crippen LogP contribution in [0.1, 0.15) is 11.1 Å². The maximum Gasteiger partial charge on any atom is 0.243 e. The van der Waals surface area contributed by atoms with Crippen LogP contribution in [0, 0.1) is 15.4 Å². The van der Waals surface area contributed by atoms with E-state index in [0.717, 1.165) is 26.1 Å². The molecule has 3 rings (SSSR count). The Labute approximate surface area is 167 Å². The summed E-state index contributed by atoms with van der Waals surface area (Å²) in [5.74, 6) is 6.19. The Hall–Kier alpha value is -2.78. The quantitative estimate of drug-likeness (QED) is 0.444. The van der Waals surface area contributed by atoms with Crippen molar-refractivity contribution < 1.29 is 4.79 Å². The summed E-state index contributed by atoms with van der Waals surface area (Å²) in [6.45, 7) is 0.195. The van der Waals surface area contributed by atoms with E-state index in [1.54, 1.807) is 0 Å². The van der Waals surface area contributed by atoms with Crippen molar-refractivity contribution in [3.05, 3.63) is 93.6 Å². The van der Waals surface area contributed by atoms with Crippen LogP contribution in [0.15, 0.2) is 78.9 Å². The molecule has 3 aromatic rings. The average molecular weight is 452 g/mol. The minimum atomic E-state index is -0.0881. The monoisotopic (exact) mass is 452 g/mol. The number of amides is 1. The zero-order chi connectivity index (χ0) is 18.2. The number of benzene rings is 3. The number of carbonyl (C=O) groups excluding carboxylic acids is 1. The van der Waals surface area contributed by atoms with Crippen molar-refractivity contribution in [3.8, 4) is 11.8 Å². The molecule has 26 heavy (non-hydrogen) atoms. The smallest absolute Gasteiger partial charge is 0.243 e. The van der Waals surface area contributed by atoms with Gasteiger partial charge >= 0.3 is 0 Å². The van der Waals surface area contributed by atoms with Crippen LogP contribution in [0.25, 0.3) is 0 Å². The zero-order valence-electron chi connectivity index (χ0n) is 14.0. The molecule has 0 aliphatic heterocycles. The zero-order valence-corrected chi connectivity index (χ0v) is 16.2. The first-order valence-corrected chi connectivity index (χ1v) is 9.24. The van der Waals surface area contributed by atoms with Crippen molar-refractivity contribution in [1.82, 2.24) is 0 Å². The van der Waals surface area contributed by atoms with Gasteiger partial charge in [0.25, 0.3) is 0 Å². The van der Waals surface area contributed by atoms with Crippen LogP contribution < -0.4 is 10.6 Å². The van der Waals surface area contributed by atoms with Gasteiger partial charge in [-0.3, -0.25) is 4.79 Å². The Morgan fingerprint density at radius 3 is 2.35 bits per heavy atom. The highest BCUT2D eigenvalue weighted by Gasteiger charge is 2.04. The van der Waals surface area contributed by atoms with E-state index in [1.807, 2.05) is 78.9 Å². The fraction of sp³-hybridized carbons (Fsp3) is 0.0455. The first-order chi connectivity index (χ1) is 12.7. The molecule has 0 aliphatic rings. The predicted molar refractivity (Wildman–Crippen MR) is 115 cm³/mol. The van der Waals surface area contributed by atoms with Gasteiger partial charge in [0.15, 0.2) is 0 Å². The third-order valence-corrected chi connectivity index (χ3v) is 4.53. The Bertz CT molecular complexity index is 958. The maximum absolute atomic E-state index is 12.1. The lowest BCUT2D eigenvalue weighted by atomic mass is 10.1. The summed E-state index contributed by atoms with van der Waals surface area (Å²) < 4.78 is 1.01. The lowest BCUT2D eigenvalue weighted by molar-refractivity contribution is -0.114. The van der Waals surface area contributed by atoms with Gasteiger partial charge in [-0.25, -0.2) is 0 Å². The fourth-order valence-corrected chi connectivity index (χ4v) is 2.83. The van der Waals surface area contributed by atoms with E-state index < -0.39 is 0 Å². The molecule has 2 N–H and O–H groups in total. The number of halogens is 1.